The van der Waals surface area contributed by atoms with Crippen molar-refractivity contribution in [1.29, 1.82) is 0 Å². The molecule has 0 amide bonds. The molecule has 84 valence electrons. The number of aryl methyl sites for hydroxylation is 1. The Morgan fingerprint density at radius 2 is 2.20 bits per heavy atom. The van der Waals surface area contributed by atoms with Crippen LogP contribution in [0.15, 0.2) is 16.7 Å². The standard InChI is InChI=1S/C11H16BrNO2/c1-8-6-10(13-7-9(8)12)15-5-4-11(2,3)14/h6-7,14H,4-5H2,1-3H3. The minimum Gasteiger partial charge on any atom is -0.478 e. The molecule has 1 N–H and O–H groups in total. The topological polar surface area (TPSA) is 42.4 Å². The zero-order valence-electron chi connectivity index (χ0n) is 9.25. The number of ether oxygens (including phenoxy) is 1. The van der Waals surface area contributed by atoms with E-state index in [9.17, 15) is 5.11 Å². The quantitative estimate of drug-likeness (QED) is 0.917. The first-order valence-corrected chi connectivity index (χ1v) is 5.65. The van der Waals surface area contributed by atoms with Crippen LogP contribution in [0.5, 0.6) is 5.88 Å². The Morgan fingerprint density at radius 3 is 2.73 bits per heavy atom. The summed E-state index contributed by atoms with van der Waals surface area (Å²) in [5.74, 6) is 0.597. The molecule has 0 saturated carbocycles. The van der Waals surface area contributed by atoms with Crippen LogP contribution in [0.3, 0.4) is 0 Å². The second-order valence-corrected chi connectivity index (χ2v) is 5.04. The van der Waals surface area contributed by atoms with E-state index in [1.165, 1.54) is 0 Å². The monoisotopic (exact) mass is 273 g/mol. The number of aliphatic hydroxyl groups is 1. The van der Waals surface area contributed by atoms with Gasteiger partial charge in [0.1, 0.15) is 0 Å². The molecule has 0 saturated heterocycles. The minimum absolute atomic E-state index is 0.470. The van der Waals surface area contributed by atoms with Crippen LogP contribution in [-0.2, 0) is 0 Å². The molecule has 0 unspecified atom stereocenters. The molecule has 15 heavy (non-hydrogen) atoms. The molecule has 0 spiro atoms. The second kappa shape index (κ2) is 4.94. The summed E-state index contributed by atoms with van der Waals surface area (Å²) in [6.07, 6.45) is 2.30. The zero-order valence-corrected chi connectivity index (χ0v) is 10.8. The number of hydrogen-bond acceptors (Lipinski definition) is 3. The van der Waals surface area contributed by atoms with Crippen LogP contribution in [0.1, 0.15) is 25.8 Å². The summed E-state index contributed by atoms with van der Waals surface area (Å²) in [6.45, 7) is 5.97. The van der Waals surface area contributed by atoms with Crippen molar-refractivity contribution >= 4 is 15.9 Å². The van der Waals surface area contributed by atoms with Gasteiger partial charge in [-0.1, -0.05) is 0 Å². The zero-order chi connectivity index (χ0) is 11.5. The summed E-state index contributed by atoms with van der Waals surface area (Å²) in [7, 11) is 0. The lowest BCUT2D eigenvalue weighted by molar-refractivity contribution is 0.0547. The first-order valence-electron chi connectivity index (χ1n) is 4.86. The van der Waals surface area contributed by atoms with E-state index in [1.54, 1.807) is 20.0 Å². The van der Waals surface area contributed by atoms with Crippen molar-refractivity contribution in [3.63, 3.8) is 0 Å². The average Bonchev–Trinajstić information content (AvgIpc) is 2.09. The lowest BCUT2D eigenvalue weighted by atomic mass is 10.1. The molecule has 3 nitrogen and oxygen atoms in total. The molecule has 1 heterocycles. The maximum absolute atomic E-state index is 9.49. The molecule has 0 aliphatic rings. The van der Waals surface area contributed by atoms with Crippen molar-refractivity contribution in [2.75, 3.05) is 6.61 Å². The predicted molar refractivity (Wildman–Crippen MR) is 63.1 cm³/mol. The smallest absolute Gasteiger partial charge is 0.213 e. The van der Waals surface area contributed by atoms with Crippen LogP contribution in [0.25, 0.3) is 0 Å². The molecule has 0 fully saturated rings. The minimum atomic E-state index is -0.690. The Morgan fingerprint density at radius 1 is 1.53 bits per heavy atom. The SMILES string of the molecule is Cc1cc(OCCC(C)(C)O)ncc1Br. The first-order chi connectivity index (χ1) is 6.88. The van der Waals surface area contributed by atoms with Gasteiger partial charge < -0.3 is 9.84 Å². The van der Waals surface area contributed by atoms with E-state index >= 15 is 0 Å². The molecular weight excluding hydrogens is 258 g/mol. The molecule has 0 radical (unpaired) electrons. The van der Waals surface area contributed by atoms with Crippen molar-refractivity contribution in [1.82, 2.24) is 4.98 Å². The summed E-state index contributed by atoms with van der Waals surface area (Å²) < 4.78 is 6.40. The van der Waals surface area contributed by atoms with Gasteiger partial charge in [-0.05, 0) is 42.3 Å². The number of halogens is 1. The molecule has 0 bridgehead atoms. The molecule has 0 aliphatic carbocycles. The van der Waals surface area contributed by atoms with Crippen molar-refractivity contribution in [2.24, 2.45) is 0 Å². The van der Waals surface area contributed by atoms with Gasteiger partial charge in [-0.3, -0.25) is 0 Å². The molecule has 1 aromatic heterocycles. The number of rotatable bonds is 4. The van der Waals surface area contributed by atoms with Gasteiger partial charge in [-0.15, -0.1) is 0 Å². The van der Waals surface area contributed by atoms with Crippen molar-refractivity contribution in [3.05, 3.63) is 22.3 Å². The van der Waals surface area contributed by atoms with Gasteiger partial charge in [0.15, 0.2) is 0 Å². The van der Waals surface area contributed by atoms with E-state index in [2.05, 4.69) is 20.9 Å². The van der Waals surface area contributed by atoms with Crippen molar-refractivity contribution in [2.45, 2.75) is 32.8 Å². The third-order valence-electron chi connectivity index (χ3n) is 1.99. The highest BCUT2D eigenvalue weighted by Crippen LogP contribution is 2.19. The van der Waals surface area contributed by atoms with Crippen LogP contribution in [0, 0.1) is 6.92 Å². The highest BCUT2D eigenvalue weighted by atomic mass is 79.9. The highest BCUT2D eigenvalue weighted by molar-refractivity contribution is 9.10. The predicted octanol–water partition coefficient (Wildman–Crippen LogP) is 2.69. The van der Waals surface area contributed by atoms with Gasteiger partial charge >= 0.3 is 0 Å². The van der Waals surface area contributed by atoms with Gasteiger partial charge in [0.25, 0.3) is 0 Å². The molecule has 0 atom stereocenters. The molecular formula is C11H16BrNO2. The fourth-order valence-electron chi connectivity index (χ4n) is 0.998. The summed E-state index contributed by atoms with van der Waals surface area (Å²) in [4.78, 5) is 4.11. The van der Waals surface area contributed by atoms with E-state index in [0.717, 1.165) is 10.0 Å². The van der Waals surface area contributed by atoms with Crippen LogP contribution in [-0.4, -0.2) is 22.3 Å². The fraction of sp³-hybridized carbons (Fsp3) is 0.545. The summed E-state index contributed by atoms with van der Waals surface area (Å²) >= 11 is 3.37. The largest absolute Gasteiger partial charge is 0.478 e. The maximum atomic E-state index is 9.49. The number of hydrogen-bond donors (Lipinski definition) is 1. The van der Waals surface area contributed by atoms with E-state index in [1.807, 2.05) is 13.0 Å². The fourth-order valence-corrected chi connectivity index (χ4v) is 1.21. The third-order valence-corrected chi connectivity index (χ3v) is 2.82. The number of nitrogens with zero attached hydrogens (tertiary/aromatic N) is 1. The highest BCUT2D eigenvalue weighted by Gasteiger charge is 2.12. The van der Waals surface area contributed by atoms with Crippen molar-refractivity contribution in [3.8, 4) is 5.88 Å². The summed E-state index contributed by atoms with van der Waals surface area (Å²) in [6, 6.07) is 1.87. The normalized spacial score (nSPS) is 11.5. The van der Waals surface area contributed by atoms with Crippen LogP contribution < -0.4 is 4.74 Å². The first kappa shape index (κ1) is 12.5. The summed E-state index contributed by atoms with van der Waals surface area (Å²) in [5.41, 5.74) is 0.396. The Kier molecular flexibility index (Phi) is 4.11. The van der Waals surface area contributed by atoms with Crippen LogP contribution >= 0.6 is 15.9 Å². The molecule has 0 aromatic carbocycles. The lowest BCUT2D eigenvalue weighted by Gasteiger charge is -2.16. The third kappa shape index (κ3) is 4.62. The van der Waals surface area contributed by atoms with Gasteiger partial charge in [0, 0.05) is 23.2 Å². The van der Waals surface area contributed by atoms with Crippen molar-refractivity contribution < 1.29 is 9.84 Å². The van der Waals surface area contributed by atoms with Gasteiger partial charge in [-0.2, -0.15) is 0 Å². The van der Waals surface area contributed by atoms with Crippen LogP contribution in [0.2, 0.25) is 0 Å². The van der Waals surface area contributed by atoms with E-state index in [4.69, 9.17) is 4.74 Å². The van der Waals surface area contributed by atoms with Gasteiger partial charge in [-0.25, -0.2) is 4.98 Å². The Hall–Kier alpha value is -0.610. The second-order valence-electron chi connectivity index (χ2n) is 4.18. The number of aromatic nitrogens is 1. The van der Waals surface area contributed by atoms with Gasteiger partial charge in [0.05, 0.1) is 12.2 Å². The van der Waals surface area contributed by atoms with E-state index in [0.29, 0.717) is 18.9 Å². The van der Waals surface area contributed by atoms with E-state index in [-0.39, 0.29) is 0 Å². The van der Waals surface area contributed by atoms with Crippen LogP contribution in [0.4, 0.5) is 0 Å². The average molecular weight is 274 g/mol. The maximum Gasteiger partial charge on any atom is 0.213 e. The summed E-state index contributed by atoms with van der Waals surface area (Å²) in [5, 5.41) is 9.49. The number of pyridine rings is 1. The Labute approximate surface area is 98.6 Å². The lowest BCUT2D eigenvalue weighted by Crippen LogP contribution is -2.21. The Bertz CT molecular complexity index is 334. The molecule has 1 rings (SSSR count). The Balaban J connectivity index is 2.48. The molecule has 0 aliphatic heterocycles. The van der Waals surface area contributed by atoms with E-state index < -0.39 is 5.60 Å². The molecule has 1 aromatic rings. The molecule has 4 heteroatoms. The van der Waals surface area contributed by atoms with Gasteiger partial charge in [0.2, 0.25) is 5.88 Å².